The van der Waals surface area contributed by atoms with Crippen LogP contribution in [-0.2, 0) is 5.41 Å². The fourth-order valence-electron chi connectivity index (χ4n) is 8.47. The van der Waals surface area contributed by atoms with Crippen LogP contribution in [0.3, 0.4) is 0 Å². The van der Waals surface area contributed by atoms with Crippen molar-refractivity contribution < 1.29 is 0 Å². The number of benzene rings is 8. The minimum Gasteiger partial charge on any atom is -0.228 e. The first-order valence-corrected chi connectivity index (χ1v) is 18.3. The van der Waals surface area contributed by atoms with E-state index in [0.717, 1.165) is 39.3 Å². The van der Waals surface area contributed by atoms with Gasteiger partial charge in [-0.25, -0.2) is 9.97 Å². The molecule has 2 nitrogen and oxygen atoms in total. The highest BCUT2D eigenvalue weighted by Gasteiger charge is 2.41. The molecule has 1 heterocycles. The first kappa shape index (κ1) is 31.1. The van der Waals surface area contributed by atoms with Crippen molar-refractivity contribution >= 4 is 21.5 Å². The molecular weight excluding hydrogens is 641 g/mol. The summed E-state index contributed by atoms with van der Waals surface area (Å²) in [6.45, 7) is 4.68. The maximum atomic E-state index is 5.52. The van der Waals surface area contributed by atoms with Gasteiger partial charge < -0.3 is 0 Å². The molecule has 0 fully saturated rings. The first-order chi connectivity index (χ1) is 26.0. The Balaban J connectivity index is 1.13. The number of hydrogen-bond acceptors (Lipinski definition) is 2. The van der Waals surface area contributed by atoms with Crippen molar-refractivity contribution in [2.24, 2.45) is 0 Å². The van der Waals surface area contributed by atoms with Crippen molar-refractivity contribution in [3.05, 3.63) is 193 Å². The highest BCUT2D eigenvalue weighted by molar-refractivity contribution is 6.00. The smallest absolute Gasteiger partial charge is 0.161 e. The largest absolute Gasteiger partial charge is 0.228 e. The molecule has 8 aromatic carbocycles. The molecular formula is C51H36N2. The van der Waals surface area contributed by atoms with Crippen molar-refractivity contribution in [1.82, 2.24) is 9.97 Å². The van der Waals surface area contributed by atoms with Gasteiger partial charge in [-0.3, -0.25) is 0 Å². The highest BCUT2D eigenvalue weighted by Crippen LogP contribution is 2.54. The van der Waals surface area contributed by atoms with Crippen LogP contribution in [0.25, 0.3) is 88.8 Å². The fraction of sp³-hybridized carbons (Fsp3) is 0.0588. The molecule has 0 aliphatic heterocycles. The van der Waals surface area contributed by atoms with Gasteiger partial charge in [-0.1, -0.05) is 184 Å². The molecule has 1 aromatic heterocycles. The van der Waals surface area contributed by atoms with Gasteiger partial charge in [-0.15, -0.1) is 0 Å². The Morgan fingerprint density at radius 2 is 0.830 bits per heavy atom. The summed E-state index contributed by atoms with van der Waals surface area (Å²) >= 11 is 0. The molecule has 0 amide bonds. The molecule has 0 spiro atoms. The zero-order valence-electron chi connectivity index (χ0n) is 29.7. The molecule has 0 saturated carbocycles. The van der Waals surface area contributed by atoms with E-state index in [0.29, 0.717) is 0 Å². The van der Waals surface area contributed by atoms with E-state index in [9.17, 15) is 0 Å². The third-order valence-electron chi connectivity index (χ3n) is 11.0. The summed E-state index contributed by atoms with van der Waals surface area (Å²) in [4.78, 5) is 11.0. The maximum absolute atomic E-state index is 5.52. The van der Waals surface area contributed by atoms with Crippen LogP contribution in [0.2, 0.25) is 0 Å². The minimum absolute atomic E-state index is 0.319. The zero-order valence-corrected chi connectivity index (χ0v) is 29.7. The molecule has 2 heteroatoms. The third-order valence-corrected chi connectivity index (χ3v) is 11.0. The van der Waals surface area contributed by atoms with E-state index in [2.05, 4.69) is 196 Å². The summed E-state index contributed by atoms with van der Waals surface area (Å²) in [5, 5.41) is 4.85. The van der Waals surface area contributed by atoms with Crippen LogP contribution in [0.5, 0.6) is 0 Å². The molecule has 0 N–H and O–H groups in total. The van der Waals surface area contributed by atoms with Crippen molar-refractivity contribution in [3.8, 4) is 67.3 Å². The van der Waals surface area contributed by atoms with Gasteiger partial charge >= 0.3 is 0 Å². The minimum atomic E-state index is -0.319. The van der Waals surface area contributed by atoms with Gasteiger partial charge in [0.25, 0.3) is 0 Å². The van der Waals surface area contributed by atoms with Crippen LogP contribution >= 0.6 is 0 Å². The average Bonchev–Trinajstić information content (AvgIpc) is 3.47. The SMILES string of the molecule is CC1(C)c2c(-c3cccc(-c4cccc(-c5ccc(-c6ccccc6)cc5)c4)c3)nc(-c3cccc4ccccc34)nc2-c2ccc3ccccc3c21. The number of hydrogen-bond donors (Lipinski definition) is 0. The van der Waals surface area contributed by atoms with Crippen molar-refractivity contribution in [2.45, 2.75) is 19.3 Å². The van der Waals surface area contributed by atoms with Crippen LogP contribution in [-0.4, -0.2) is 9.97 Å². The van der Waals surface area contributed by atoms with Gasteiger partial charge in [-0.05, 0) is 72.6 Å². The standard InChI is InChI=1S/C51H36N2/c1-51(2)46-43-23-9-7-16-37(43)29-30-45(46)49-47(51)48(52-50(53-49)44-24-12-17-36-15-6-8-22-42(36)44)41-21-11-20-40(32-41)39-19-10-18-38(31-39)35-27-25-34(26-28-35)33-13-4-3-5-14-33/h3-32H,1-2H3. The van der Waals surface area contributed by atoms with E-state index in [1.807, 2.05) is 0 Å². The van der Waals surface area contributed by atoms with Gasteiger partial charge in [0.2, 0.25) is 0 Å². The van der Waals surface area contributed by atoms with E-state index in [1.54, 1.807) is 0 Å². The van der Waals surface area contributed by atoms with Gasteiger partial charge in [0.15, 0.2) is 5.82 Å². The molecule has 0 saturated heterocycles. The van der Waals surface area contributed by atoms with E-state index < -0.39 is 0 Å². The lowest BCUT2D eigenvalue weighted by molar-refractivity contribution is 0.663. The molecule has 0 radical (unpaired) electrons. The molecule has 0 atom stereocenters. The van der Waals surface area contributed by atoms with Crippen LogP contribution in [0.1, 0.15) is 25.0 Å². The second-order valence-electron chi connectivity index (χ2n) is 14.6. The second kappa shape index (κ2) is 12.3. The summed E-state index contributed by atoms with van der Waals surface area (Å²) in [6, 6.07) is 65.4. The Kier molecular flexibility index (Phi) is 7.19. The average molecular weight is 677 g/mol. The molecule has 9 aromatic rings. The molecule has 1 aliphatic rings. The van der Waals surface area contributed by atoms with E-state index in [-0.39, 0.29) is 5.41 Å². The van der Waals surface area contributed by atoms with Crippen molar-refractivity contribution in [3.63, 3.8) is 0 Å². The molecule has 0 unspecified atom stereocenters. The Morgan fingerprint density at radius 3 is 1.57 bits per heavy atom. The number of nitrogens with zero attached hydrogens (tertiary/aromatic N) is 2. The van der Waals surface area contributed by atoms with Crippen molar-refractivity contribution in [2.75, 3.05) is 0 Å². The van der Waals surface area contributed by atoms with E-state index in [1.165, 1.54) is 60.7 Å². The quantitative estimate of drug-likeness (QED) is 0.181. The zero-order chi connectivity index (χ0) is 35.5. The predicted molar refractivity (Wildman–Crippen MR) is 222 cm³/mol. The van der Waals surface area contributed by atoms with Crippen LogP contribution < -0.4 is 0 Å². The first-order valence-electron chi connectivity index (χ1n) is 18.3. The molecule has 53 heavy (non-hydrogen) atoms. The lowest BCUT2D eigenvalue weighted by atomic mass is 9.78. The normalized spacial score (nSPS) is 12.9. The van der Waals surface area contributed by atoms with E-state index in [4.69, 9.17) is 9.97 Å². The van der Waals surface area contributed by atoms with Crippen LogP contribution in [0, 0.1) is 0 Å². The Bertz CT molecular complexity index is 2840. The number of aromatic nitrogens is 2. The topological polar surface area (TPSA) is 25.8 Å². The molecule has 250 valence electrons. The lowest BCUT2D eigenvalue weighted by Gasteiger charge is -2.25. The van der Waals surface area contributed by atoms with E-state index >= 15 is 0 Å². The highest BCUT2D eigenvalue weighted by atomic mass is 14.9. The Labute approximate surface area is 310 Å². The predicted octanol–water partition coefficient (Wildman–Crippen LogP) is 13.4. The van der Waals surface area contributed by atoms with Gasteiger partial charge in [0.1, 0.15) is 0 Å². The maximum Gasteiger partial charge on any atom is 0.161 e. The van der Waals surface area contributed by atoms with Crippen LogP contribution in [0.4, 0.5) is 0 Å². The Hall–Kier alpha value is -6.64. The summed E-state index contributed by atoms with van der Waals surface area (Å²) in [6.07, 6.45) is 0. The number of rotatable bonds is 5. The molecule has 10 rings (SSSR count). The van der Waals surface area contributed by atoms with Crippen molar-refractivity contribution in [1.29, 1.82) is 0 Å². The second-order valence-corrected chi connectivity index (χ2v) is 14.6. The fourth-order valence-corrected chi connectivity index (χ4v) is 8.47. The van der Waals surface area contributed by atoms with Gasteiger partial charge in [-0.2, -0.15) is 0 Å². The summed E-state index contributed by atoms with van der Waals surface area (Å²) in [5.74, 6) is 0.749. The molecule has 1 aliphatic carbocycles. The monoisotopic (exact) mass is 676 g/mol. The van der Waals surface area contributed by atoms with Crippen LogP contribution in [0.15, 0.2) is 182 Å². The van der Waals surface area contributed by atoms with Gasteiger partial charge in [0.05, 0.1) is 11.4 Å². The third kappa shape index (κ3) is 5.18. The lowest BCUT2D eigenvalue weighted by Crippen LogP contribution is -2.18. The summed E-state index contributed by atoms with van der Waals surface area (Å²) in [7, 11) is 0. The van der Waals surface area contributed by atoms with Gasteiger partial charge in [0, 0.05) is 27.7 Å². The molecule has 0 bridgehead atoms. The summed E-state index contributed by atoms with van der Waals surface area (Å²) < 4.78 is 0. The number of fused-ring (bicyclic) bond motifs is 6. The summed E-state index contributed by atoms with van der Waals surface area (Å²) in [5.41, 5.74) is 14.7. The Morgan fingerprint density at radius 1 is 0.340 bits per heavy atom.